The van der Waals surface area contributed by atoms with Gasteiger partial charge in [0, 0.05) is 23.5 Å². The van der Waals surface area contributed by atoms with Crippen molar-refractivity contribution in [3.05, 3.63) is 59.8 Å². The Kier molecular flexibility index (Phi) is 6.10. The fourth-order valence-corrected chi connectivity index (χ4v) is 4.75. The number of benzene rings is 2. The van der Waals surface area contributed by atoms with Gasteiger partial charge in [-0.05, 0) is 61.7 Å². The van der Waals surface area contributed by atoms with E-state index in [0.717, 1.165) is 47.5 Å². The Labute approximate surface area is 180 Å². The lowest BCUT2D eigenvalue weighted by Crippen LogP contribution is -2.37. The minimum absolute atomic E-state index is 0.0891. The predicted octanol–water partition coefficient (Wildman–Crippen LogP) is 5.54. The monoisotopic (exact) mass is 416 g/mol. The van der Waals surface area contributed by atoms with Crippen molar-refractivity contribution in [1.82, 2.24) is 10.3 Å². The van der Waals surface area contributed by atoms with E-state index in [4.69, 9.17) is 4.98 Å². The van der Waals surface area contributed by atoms with Crippen LogP contribution < -0.4 is 10.6 Å². The van der Waals surface area contributed by atoms with Crippen LogP contribution in [-0.2, 0) is 4.79 Å². The summed E-state index contributed by atoms with van der Waals surface area (Å²) in [4.78, 5) is 17.1. The lowest BCUT2D eigenvalue weighted by atomic mass is 9.95. The van der Waals surface area contributed by atoms with Gasteiger partial charge in [-0.25, -0.2) is 4.98 Å². The number of carbonyl (C=O) groups is 1. The van der Waals surface area contributed by atoms with E-state index in [0.29, 0.717) is 0 Å². The SMILES string of the molecule is Cc1ccc2nc(-c3ccc(N/C=C(/C#N)C(=O)NC4CCCCC4)cc3)sc2c1. The maximum atomic E-state index is 12.4. The summed E-state index contributed by atoms with van der Waals surface area (Å²) in [6.07, 6.45) is 6.95. The van der Waals surface area contributed by atoms with E-state index in [1.54, 1.807) is 11.3 Å². The Morgan fingerprint density at radius 3 is 2.67 bits per heavy atom. The molecule has 0 spiro atoms. The van der Waals surface area contributed by atoms with E-state index in [1.807, 2.05) is 36.4 Å². The standard InChI is InChI=1S/C24H24N4OS/c1-16-7-12-21-22(13-16)30-24(28-21)17-8-10-19(11-9-17)26-15-18(14-25)23(29)27-20-5-3-2-4-6-20/h7-13,15,20,26H,2-6H2,1H3,(H,27,29)/b18-15-. The topological polar surface area (TPSA) is 77.8 Å². The van der Waals surface area contributed by atoms with E-state index < -0.39 is 0 Å². The number of rotatable bonds is 5. The number of hydrogen-bond donors (Lipinski definition) is 2. The zero-order valence-electron chi connectivity index (χ0n) is 16.9. The summed E-state index contributed by atoms with van der Waals surface area (Å²) in [5.74, 6) is -0.307. The van der Waals surface area contributed by atoms with Gasteiger partial charge in [0.15, 0.2) is 0 Å². The average molecular weight is 417 g/mol. The molecule has 0 atom stereocenters. The maximum Gasteiger partial charge on any atom is 0.263 e. The van der Waals surface area contributed by atoms with Crippen LogP contribution in [0.3, 0.4) is 0 Å². The second-order valence-corrected chi connectivity index (χ2v) is 8.72. The Morgan fingerprint density at radius 1 is 1.17 bits per heavy atom. The van der Waals surface area contributed by atoms with Crippen molar-refractivity contribution in [2.24, 2.45) is 0 Å². The molecule has 0 unspecified atom stereocenters. The molecule has 0 bridgehead atoms. The lowest BCUT2D eigenvalue weighted by molar-refractivity contribution is -0.118. The number of nitrogens with zero attached hydrogens (tertiary/aromatic N) is 2. The molecule has 5 nitrogen and oxygen atoms in total. The van der Waals surface area contributed by atoms with Crippen LogP contribution in [0.15, 0.2) is 54.2 Å². The molecule has 0 aliphatic heterocycles. The fourth-order valence-electron chi connectivity index (χ4n) is 3.68. The minimum atomic E-state index is -0.307. The summed E-state index contributed by atoms with van der Waals surface area (Å²) in [7, 11) is 0. The van der Waals surface area contributed by atoms with Gasteiger partial charge in [-0.1, -0.05) is 25.3 Å². The first-order chi connectivity index (χ1) is 14.6. The van der Waals surface area contributed by atoms with E-state index in [9.17, 15) is 10.1 Å². The van der Waals surface area contributed by atoms with Gasteiger partial charge in [-0.15, -0.1) is 11.3 Å². The molecule has 152 valence electrons. The number of thiazole rings is 1. The molecular weight excluding hydrogens is 392 g/mol. The van der Waals surface area contributed by atoms with Gasteiger partial charge in [0.25, 0.3) is 5.91 Å². The number of amides is 1. The summed E-state index contributed by atoms with van der Waals surface area (Å²) in [6.45, 7) is 2.08. The van der Waals surface area contributed by atoms with Crippen molar-refractivity contribution >= 4 is 33.1 Å². The third-order valence-corrected chi connectivity index (χ3v) is 6.43. The first-order valence-electron chi connectivity index (χ1n) is 10.3. The Hall–Kier alpha value is -3.17. The zero-order valence-corrected chi connectivity index (χ0v) is 17.8. The molecule has 2 aromatic carbocycles. The number of hydrogen-bond acceptors (Lipinski definition) is 5. The van der Waals surface area contributed by atoms with Crippen molar-refractivity contribution in [1.29, 1.82) is 5.26 Å². The van der Waals surface area contributed by atoms with E-state index in [1.165, 1.54) is 22.9 Å². The van der Waals surface area contributed by atoms with Crippen LogP contribution >= 0.6 is 11.3 Å². The largest absolute Gasteiger partial charge is 0.360 e. The van der Waals surface area contributed by atoms with Gasteiger partial charge in [0.1, 0.15) is 16.6 Å². The van der Waals surface area contributed by atoms with Crippen molar-refractivity contribution in [3.8, 4) is 16.6 Å². The molecule has 1 fully saturated rings. The number of fused-ring (bicyclic) bond motifs is 1. The van der Waals surface area contributed by atoms with Gasteiger partial charge in [0.05, 0.1) is 10.2 Å². The van der Waals surface area contributed by atoms with Crippen LogP contribution in [0.25, 0.3) is 20.8 Å². The van der Waals surface area contributed by atoms with Crippen molar-refractivity contribution < 1.29 is 4.79 Å². The molecule has 1 aromatic heterocycles. The number of aryl methyl sites for hydroxylation is 1. The fraction of sp³-hybridized carbons (Fsp3) is 0.292. The molecule has 2 N–H and O–H groups in total. The molecule has 0 saturated heterocycles. The van der Waals surface area contributed by atoms with Crippen LogP contribution in [0, 0.1) is 18.3 Å². The molecule has 1 aliphatic rings. The van der Waals surface area contributed by atoms with Crippen LogP contribution in [-0.4, -0.2) is 16.9 Å². The summed E-state index contributed by atoms with van der Waals surface area (Å²) < 4.78 is 1.18. The van der Waals surface area contributed by atoms with Gasteiger partial charge < -0.3 is 10.6 Å². The first kappa shape index (κ1) is 20.1. The number of nitrogens with one attached hydrogen (secondary N) is 2. The molecule has 3 aromatic rings. The lowest BCUT2D eigenvalue weighted by Gasteiger charge is -2.22. The van der Waals surface area contributed by atoms with Crippen molar-refractivity contribution in [3.63, 3.8) is 0 Å². The highest BCUT2D eigenvalue weighted by molar-refractivity contribution is 7.21. The second kappa shape index (κ2) is 9.10. The normalized spacial score (nSPS) is 15.0. The van der Waals surface area contributed by atoms with E-state index in [2.05, 4.69) is 29.7 Å². The third-order valence-electron chi connectivity index (χ3n) is 5.36. The molecule has 1 amide bonds. The maximum absolute atomic E-state index is 12.4. The van der Waals surface area contributed by atoms with E-state index >= 15 is 0 Å². The van der Waals surface area contributed by atoms with Gasteiger partial charge in [0.2, 0.25) is 0 Å². The molecule has 6 heteroatoms. The van der Waals surface area contributed by atoms with Gasteiger partial charge >= 0.3 is 0 Å². The summed E-state index contributed by atoms with van der Waals surface area (Å²) in [6, 6.07) is 16.3. The van der Waals surface area contributed by atoms with Crippen LogP contribution in [0.1, 0.15) is 37.7 Å². The Morgan fingerprint density at radius 2 is 1.93 bits per heavy atom. The highest BCUT2D eigenvalue weighted by Crippen LogP contribution is 2.31. The second-order valence-electron chi connectivity index (χ2n) is 7.69. The molecule has 1 aliphatic carbocycles. The molecule has 0 radical (unpaired) electrons. The van der Waals surface area contributed by atoms with Gasteiger partial charge in [-0.2, -0.15) is 5.26 Å². The summed E-state index contributed by atoms with van der Waals surface area (Å²) in [5.41, 5.74) is 4.18. The molecule has 30 heavy (non-hydrogen) atoms. The number of aromatic nitrogens is 1. The highest BCUT2D eigenvalue weighted by atomic mass is 32.1. The van der Waals surface area contributed by atoms with E-state index in [-0.39, 0.29) is 17.5 Å². The molecule has 4 rings (SSSR count). The number of nitriles is 1. The molecular formula is C24H24N4OS. The average Bonchev–Trinajstić information content (AvgIpc) is 3.18. The number of carbonyl (C=O) groups excluding carboxylic acids is 1. The Balaban J connectivity index is 1.42. The van der Waals surface area contributed by atoms with Gasteiger partial charge in [-0.3, -0.25) is 4.79 Å². The predicted molar refractivity (Wildman–Crippen MR) is 122 cm³/mol. The smallest absolute Gasteiger partial charge is 0.263 e. The van der Waals surface area contributed by atoms with Crippen LogP contribution in [0.2, 0.25) is 0 Å². The zero-order chi connectivity index (χ0) is 20.9. The molecule has 1 saturated carbocycles. The summed E-state index contributed by atoms with van der Waals surface area (Å²) >= 11 is 1.67. The van der Waals surface area contributed by atoms with Crippen molar-refractivity contribution in [2.45, 2.75) is 45.1 Å². The number of anilines is 1. The first-order valence-corrected chi connectivity index (χ1v) is 11.1. The van der Waals surface area contributed by atoms with Crippen LogP contribution in [0.5, 0.6) is 0 Å². The Bertz CT molecular complexity index is 1120. The molecule has 1 heterocycles. The van der Waals surface area contributed by atoms with Crippen molar-refractivity contribution in [2.75, 3.05) is 5.32 Å². The summed E-state index contributed by atoms with van der Waals surface area (Å²) in [5, 5.41) is 16.4. The third kappa shape index (κ3) is 4.69. The minimum Gasteiger partial charge on any atom is -0.360 e. The quantitative estimate of drug-likeness (QED) is 0.423. The van der Waals surface area contributed by atoms with Crippen LogP contribution in [0.4, 0.5) is 5.69 Å². The highest BCUT2D eigenvalue weighted by Gasteiger charge is 2.18.